The fourth-order valence-corrected chi connectivity index (χ4v) is 2.12. The maximum atomic E-state index is 6.21. The van der Waals surface area contributed by atoms with E-state index in [9.17, 15) is 0 Å². The van der Waals surface area contributed by atoms with Crippen LogP contribution in [0.5, 0.6) is 0 Å². The lowest BCUT2D eigenvalue weighted by Crippen LogP contribution is -2.04. The Labute approximate surface area is 81.5 Å². The third-order valence-corrected chi connectivity index (χ3v) is 3.48. The van der Waals surface area contributed by atoms with Crippen LogP contribution in [0, 0.1) is 0 Å². The number of hydrogen-bond donors (Lipinski definition) is 1. The van der Waals surface area contributed by atoms with Crippen LogP contribution < -0.4 is 5.73 Å². The van der Waals surface area contributed by atoms with E-state index in [0.717, 1.165) is 17.7 Å². The highest BCUT2D eigenvalue weighted by molar-refractivity contribution is 6.37. The van der Waals surface area contributed by atoms with Crippen LogP contribution in [-0.4, -0.2) is 5.38 Å². The molecule has 1 aliphatic carbocycles. The molecule has 1 nitrogen and oxygen atoms in total. The van der Waals surface area contributed by atoms with Gasteiger partial charge in [-0.15, -0.1) is 23.2 Å². The smallest absolute Gasteiger partial charge is 0.0893 e. The summed E-state index contributed by atoms with van der Waals surface area (Å²) in [6, 6.07) is 7.61. The van der Waals surface area contributed by atoms with Crippen molar-refractivity contribution in [1.29, 1.82) is 0 Å². The number of rotatable bonds is 1. The molecule has 1 aromatic carbocycles. The summed E-state index contributed by atoms with van der Waals surface area (Å²) in [6.45, 7) is 0. The van der Waals surface area contributed by atoms with E-state index in [4.69, 9.17) is 28.9 Å². The van der Waals surface area contributed by atoms with Crippen LogP contribution in [0.4, 0.5) is 5.69 Å². The summed E-state index contributed by atoms with van der Waals surface area (Å²) in [6.07, 6.45) is 0.810. The highest BCUT2D eigenvalue weighted by Gasteiger charge is 2.54. The van der Waals surface area contributed by atoms with Gasteiger partial charge in [0.15, 0.2) is 0 Å². The predicted octanol–water partition coefficient (Wildman–Crippen LogP) is 2.71. The minimum absolute atomic E-state index is 0.0314. The maximum absolute atomic E-state index is 6.21. The first-order chi connectivity index (χ1) is 5.64. The molecule has 1 fully saturated rings. The molecular weight excluding hydrogens is 193 g/mol. The summed E-state index contributed by atoms with van der Waals surface area (Å²) in [5.41, 5.74) is 7.46. The van der Waals surface area contributed by atoms with Gasteiger partial charge in [-0.2, -0.15) is 0 Å². The molecule has 64 valence electrons. The maximum Gasteiger partial charge on any atom is 0.0893 e. The third-order valence-electron chi connectivity index (χ3n) is 2.22. The highest BCUT2D eigenvalue weighted by atomic mass is 35.5. The van der Waals surface area contributed by atoms with E-state index < -0.39 is 4.87 Å². The molecule has 12 heavy (non-hydrogen) atoms. The number of nitrogens with two attached hydrogens (primary N) is 1. The Morgan fingerprint density at radius 2 is 2.00 bits per heavy atom. The number of benzene rings is 1. The second kappa shape index (κ2) is 2.54. The van der Waals surface area contributed by atoms with E-state index >= 15 is 0 Å². The standard InChI is InChI=1S/C9H9Cl2N/c10-8-5-9(8,11)6-3-1-2-4-7(6)12/h1-4,8H,5,12H2. The molecule has 0 amide bonds. The van der Waals surface area contributed by atoms with Gasteiger partial charge in [-0.25, -0.2) is 0 Å². The fraction of sp³-hybridized carbons (Fsp3) is 0.333. The molecule has 3 heteroatoms. The minimum atomic E-state index is -0.396. The molecule has 0 aliphatic heterocycles. The van der Waals surface area contributed by atoms with Gasteiger partial charge in [0.25, 0.3) is 0 Å². The monoisotopic (exact) mass is 201 g/mol. The van der Waals surface area contributed by atoms with Crippen LogP contribution in [0.1, 0.15) is 12.0 Å². The largest absolute Gasteiger partial charge is 0.398 e. The van der Waals surface area contributed by atoms with Crippen LogP contribution in [0.25, 0.3) is 0 Å². The Hall–Kier alpha value is -0.400. The zero-order chi connectivity index (χ0) is 8.77. The Morgan fingerprint density at radius 3 is 2.50 bits per heavy atom. The molecule has 0 saturated heterocycles. The molecule has 0 aromatic heterocycles. The number of anilines is 1. The summed E-state index contributed by atoms with van der Waals surface area (Å²) in [5, 5.41) is 0.0314. The molecule has 0 spiro atoms. The summed E-state index contributed by atoms with van der Waals surface area (Å²) < 4.78 is 0. The number of alkyl halides is 2. The van der Waals surface area contributed by atoms with E-state index in [1.54, 1.807) is 0 Å². The van der Waals surface area contributed by atoms with Crippen LogP contribution in [0.3, 0.4) is 0 Å². The zero-order valence-electron chi connectivity index (χ0n) is 6.43. The minimum Gasteiger partial charge on any atom is -0.398 e. The molecule has 1 aliphatic rings. The van der Waals surface area contributed by atoms with Gasteiger partial charge in [0.1, 0.15) is 0 Å². The van der Waals surface area contributed by atoms with Crippen molar-refractivity contribution in [2.24, 2.45) is 0 Å². The van der Waals surface area contributed by atoms with E-state index in [1.807, 2.05) is 24.3 Å². The summed E-state index contributed by atoms with van der Waals surface area (Å²) in [5.74, 6) is 0. The van der Waals surface area contributed by atoms with Gasteiger partial charge in [0, 0.05) is 5.69 Å². The first kappa shape index (κ1) is 8.21. The molecule has 0 radical (unpaired) electrons. The SMILES string of the molecule is Nc1ccccc1C1(Cl)CC1Cl. The van der Waals surface area contributed by atoms with Gasteiger partial charge >= 0.3 is 0 Å². The first-order valence-electron chi connectivity index (χ1n) is 3.82. The van der Waals surface area contributed by atoms with Crippen molar-refractivity contribution in [3.05, 3.63) is 29.8 Å². The lowest BCUT2D eigenvalue weighted by molar-refractivity contribution is 1.02. The van der Waals surface area contributed by atoms with E-state index in [2.05, 4.69) is 0 Å². The van der Waals surface area contributed by atoms with Crippen molar-refractivity contribution in [1.82, 2.24) is 0 Å². The molecule has 1 aromatic rings. The van der Waals surface area contributed by atoms with Gasteiger partial charge in [-0.1, -0.05) is 18.2 Å². The molecular formula is C9H9Cl2N. The van der Waals surface area contributed by atoms with Crippen molar-refractivity contribution in [3.63, 3.8) is 0 Å². The van der Waals surface area contributed by atoms with Gasteiger partial charge in [0.2, 0.25) is 0 Å². The average Bonchev–Trinajstić information content (AvgIpc) is 2.61. The fourth-order valence-electron chi connectivity index (χ4n) is 1.36. The van der Waals surface area contributed by atoms with Crippen molar-refractivity contribution in [2.75, 3.05) is 5.73 Å². The lowest BCUT2D eigenvalue weighted by Gasteiger charge is -2.09. The first-order valence-corrected chi connectivity index (χ1v) is 4.64. The van der Waals surface area contributed by atoms with E-state index in [0.29, 0.717) is 0 Å². The highest BCUT2D eigenvalue weighted by Crippen LogP contribution is 2.57. The van der Waals surface area contributed by atoms with Crippen molar-refractivity contribution in [2.45, 2.75) is 16.7 Å². The topological polar surface area (TPSA) is 26.0 Å². The number of para-hydroxylation sites is 1. The van der Waals surface area contributed by atoms with Crippen LogP contribution >= 0.6 is 23.2 Å². The van der Waals surface area contributed by atoms with Gasteiger partial charge < -0.3 is 5.73 Å². The van der Waals surface area contributed by atoms with Crippen LogP contribution in [0.2, 0.25) is 0 Å². The Kier molecular flexibility index (Phi) is 1.74. The van der Waals surface area contributed by atoms with Crippen LogP contribution in [0.15, 0.2) is 24.3 Å². The summed E-state index contributed by atoms with van der Waals surface area (Å²) >= 11 is 12.1. The second-order valence-electron chi connectivity index (χ2n) is 3.12. The van der Waals surface area contributed by atoms with E-state index in [1.165, 1.54) is 0 Å². The number of hydrogen-bond acceptors (Lipinski definition) is 1. The van der Waals surface area contributed by atoms with Crippen molar-refractivity contribution >= 4 is 28.9 Å². The number of halogens is 2. The molecule has 2 rings (SSSR count). The van der Waals surface area contributed by atoms with E-state index in [-0.39, 0.29) is 5.38 Å². The quantitative estimate of drug-likeness (QED) is 0.549. The predicted molar refractivity (Wildman–Crippen MR) is 52.6 cm³/mol. The summed E-state index contributed by atoms with van der Waals surface area (Å²) in [7, 11) is 0. The van der Waals surface area contributed by atoms with Gasteiger partial charge in [-0.05, 0) is 18.1 Å². The Morgan fingerprint density at radius 1 is 1.42 bits per heavy atom. The van der Waals surface area contributed by atoms with Gasteiger partial charge in [0.05, 0.1) is 10.3 Å². The van der Waals surface area contributed by atoms with Crippen molar-refractivity contribution in [3.8, 4) is 0 Å². The average molecular weight is 202 g/mol. The molecule has 2 atom stereocenters. The second-order valence-corrected chi connectivity index (χ2v) is 4.32. The van der Waals surface area contributed by atoms with Crippen LogP contribution in [-0.2, 0) is 4.87 Å². The van der Waals surface area contributed by atoms with Crippen molar-refractivity contribution < 1.29 is 0 Å². The van der Waals surface area contributed by atoms with Gasteiger partial charge in [-0.3, -0.25) is 0 Å². The normalized spacial score (nSPS) is 33.3. The summed E-state index contributed by atoms with van der Waals surface area (Å²) in [4.78, 5) is -0.396. The Balaban J connectivity index is 2.41. The Bertz CT molecular complexity index is 313. The molecule has 1 saturated carbocycles. The third kappa shape index (κ3) is 1.08. The zero-order valence-corrected chi connectivity index (χ0v) is 7.94. The lowest BCUT2D eigenvalue weighted by atomic mass is 10.1. The molecule has 2 N–H and O–H groups in total. The molecule has 2 unspecified atom stereocenters. The molecule has 0 bridgehead atoms. The molecule has 0 heterocycles. The number of nitrogen functional groups attached to an aromatic ring is 1.